The molecule has 1 N–H and O–H groups in total. The first-order valence-corrected chi connectivity index (χ1v) is 8.13. The van der Waals surface area contributed by atoms with Gasteiger partial charge in [0.1, 0.15) is 0 Å². The third-order valence-corrected chi connectivity index (χ3v) is 3.82. The highest BCUT2D eigenvalue weighted by atomic mass is 79.9. The van der Waals surface area contributed by atoms with Gasteiger partial charge < -0.3 is 14.6 Å². The maximum Gasteiger partial charge on any atom is 0.0590 e. The summed E-state index contributed by atoms with van der Waals surface area (Å²) in [6.07, 6.45) is 4.51. The molecule has 20 heavy (non-hydrogen) atoms. The lowest BCUT2D eigenvalue weighted by Crippen LogP contribution is -2.24. The van der Waals surface area contributed by atoms with Crippen LogP contribution < -0.4 is 5.32 Å². The molecule has 0 atom stereocenters. The van der Waals surface area contributed by atoms with Gasteiger partial charge in [0.2, 0.25) is 0 Å². The van der Waals surface area contributed by atoms with Gasteiger partial charge in [-0.25, -0.2) is 0 Å². The van der Waals surface area contributed by atoms with Crippen LogP contribution in [0, 0.1) is 0 Å². The summed E-state index contributed by atoms with van der Waals surface area (Å²) in [6.45, 7) is 6.75. The molecule has 4 heteroatoms. The monoisotopic (exact) mass is 338 g/mol. The van der Waals surface area contributed by atoms with Crippen LogP contribution in [0.3, 0.4) is 0 Å². The normalized spacial score (nSPS) is 11.3. The van der Waals surface area contributed by atoms with E-state index in [4.69, 9.17) is 4.74 Å². The third kappa shape index (κ3) is 4.62. The molecule has 0 amide bonds. The molecule has 0 radical (unpaired) electrons. The Morgan fingerprint density at radius 3 is 2.95 bits per heavy atom. The fraction of sp³-hybridized carbons (Fsp3) is 0.500. The minimum atomic E-state index is 0.805. The number of unbranched alkanes of at least 4 members (excludes halogenated alkanes) is 1. The summed E-state index contributed by atoms with van der Waals surface area (Å²) in [4.78, 5) is 0. The Morgan fingerprint density at radius 2 is 2.10 bits per heavy atom. The molecule has 0 bridgehead atoms. The first-order chi connectivity index (χ1) is 9.81. The van der Waals surface area contributed by atoms with Crippen LogP contribution in [-0.4, -0.2) is 30.9 Å². The van der Waals surface area contributed by atoms with Gasteiger partial charge >= 0.3 is 0 Å². The van der Waals surface area contributed by atoms with Crippen molar-refractivity contribution in [2.45, 2.75) is 26.3 Å². The number of hydrogen-bond acceptors (Lipinski definition) is 2. The number of hydrogen-bond donors (Lipinski definition) is 1. The van der Waals surface area contributed by atoms with Gasteiger partial charge in [-0.3, -0.25) is 0 Å². The first kappa shape index (κ1) is 15.5. The molecule has 0 saturated carbocycles. The summed E-state index contributed by atoms with van der Waals surface area (Å²) in [5.41, 5.74) is 1.29. The highest BCUT2D eigenvalue weighted by Crippen LogP contribution is 2.20. The Bertz CT molecular complexity index is 524. The molecule has 0 aliphatic heterocycles. The minimum absolute atomic E-state index is 0.805. The molecule has 0 spiro atoms. The molecule has 1 aromatic carbocycles. The number of nitrogens with one attached hydrogen (secondary N) is 1. The van der Waals surface area contributed by atoms with Crippen molar-refractivity contribution >= 4 is 26.8 Å². The summed E-state index contributed by atoms with van der Waals surface area (Å²) < 4.78 is 8.93. The van der Waals surface area contributed by atoms with Crippen LogP contribution in [0.4, 0.5) is 0 Å². The van der Waals surface area contributed by atoms with Gasteiger partial charge in [0, 0.05) is 47.8 Å². The second kappa shape index (κ2) is 8.45. The zero-order chi connectivity index (χ0) is 14.2. The van der Waals surface area contributed by atoms with Crippen LogP contribution in [-0.2, 0) is 11.3 Å². The standard InChI is InChI=1S/C16H23BrN2O/c1-2-3-11-20-12-8-18-7-10-19-9-6-14-13-15(17)4-5-16(14)19/h4-6,9,13,18H,2-3,7-8,10-12H2,1H3. The van der Waals surface area contributed by atoms with E-state index in [1.54, 1.807) is 0 Å². The summed E-state index contributed by atoms with van der Waals surface area (Å²) in [6, 6.07) is 8.57. The average molecular weight is 339 g/mol. The number of ether oxygens (including phenoxy) is 1. The predicted molar refractivity (Wildman–Crippen MR) is 88.2 cm³/mol. The second-order valence-corrected chi connectivity index (χ2v) is 5.84. The third-order valence-electron chi connectivity index (χ3n) is 3.33. The highest BCUT2D eigenvalue weighted by Gasteiger charge is 2.00. The summed E-state index contributed by atoms with van der Waals surface area (Å²) >= 11 is 3.51. The molecule has 1 aromatic heterocycles. The molecule has 3 nitrogen and oxygen atoms in total. The maximum absolute atomic E-state index is 5.52. The Labute approximate surface area is 129 Å². The lowest BCUT2D eigenvalue weighted by Gasteiger charge is -2.08. The number of fused-ring (bicyclic) bond motifs is 1. The molecular formula is C16H23BrN2O. The van der Waals surface area contributed by atoms with Gasteiger partial charge in [0.25, 0.3) is 0 Å². The molecule has 2 aromatic rings. The van der Waals surface area contributed by atoms with E-state index in [0.29, 0.717) is 0 Å². The largest absolute Gasteiger partial charge is 0.380 e. The molecule has 2 rings (SSSR count). The fourth-order valence-electron chi connectivity index (χ4n) is 2.18. The van der Waals surface area contributed by atoms with Crippen molar-refractivity contribution in [2.24, 2.45) is 0 Å². The quantitative estimate of drug-likeness (QED) is 0.703. The van der Waals surface area contributed by atoms with E-state index in [1.807, 2.05) is 0 Å². The average Bonchev–Trinajstić information content (AvgIpc) is 2.84. The van der Waals surface area contributed by atoms with Crippen LogP contribution in [0.25, 0.3) is 10.9 Å². The molecule has 0 unspecified atom stereocenters. The summed E-state index contributed by atoms with van der Waals surface area (Å²) in [5.74, 6) is 0. The van der Waals surface area contributed by atoms with Gasteiger partial charge in [0.15, 0.2) is 0 Å². The Hall–Kier alpha value is -0.840. The van der Waals surface area contributed by atoms with Crippen molar-refractivity contribution in [1.82, 2.24) is 9.88 Å². The van der Waals surface area contributed by atoms with Crippen molar-refractivity contribution in [2.75, 3.05) is 26.3 Å². The van der Waals surface area contributed by atoms with E-state index in [2.05, 4.69) is 63.2 Å². The molecular weight excluding hydrogens is 316 g/mol. The number of halogens is 1. The first-order valence-electron chi connectivity index (χ1n) is 7.34. The molecule has 1 heterocycles. The smallest absolute Gasteiger partial charge is 0.0590 e. The number of aromatic nitrogens is 1. The van der Waals surface area contributed by atoms with E-state index < -0.39 is 0 Å². The summed E-state index contributed by atoms with van der Waals surface area (Å²) in [5, 5.41) is 4.70. The van der Waals surface area contributed by atoms with Crippen molar-refractivity contribution in [3.05, 3.63) is 34.9 Å². The van der Waals surface area contributed by atoms with Gasteiger partial charge in [0.05, 0.1) is 6.61 Å². The topological polar surface area (TPSA) is 26.2 Å². The number of nitrogens with zero attached hydrogens (tertiary/aromatic N) is 1. The lowest BCUT2D eigenvalue weighted by molar-refractivity contribution is 0.133. The van der Waals surface area contributed by atoms with E-state index in [-0.39, 0.29) is 0 Å². The predicted octanol–water partition coefficient (Wildman–Crippen LogP) is 3.81. The maximum atomic E-state index is 5.52. The Kier molecular flexibility index (Phi) is 6.57. The van der Waals surface area contributed by atoms with E-state index in [1.165, 1.54) is 17.3 Å². The zero-order valence-electron chi connectivity index (χ0n) is 12.1. The molecule has 0 aliphatic carbocycles. The summed E-state index contributed by atoms with van der Waals surface area (Å²) in [7, 11) is 0. The lowest BCUT2D eigenvalue weighted by atomic mass is 10.2. The zero-order valence-corrected chi connectivity index (χ0v) is 13.7. The number of benzene rings is 1. The van der Waals surface area contributed by atoms with Crippen molar-refractivity contribution in [1.29, 1.82) is 0 Å². The molecule has 0 saturated heterocycles. The van der Waals surface area contributed by atoms with Crippen molar-refractivity contribution < 1.29 is 4.74 Å². The van der Waals surface area contributed by atoms with Gasteiger partial charge in [-0.15, -0.1) is 0 Å². The van der Waals surface area contributed by atoms with Crippen LogP contribution >= 0.6 is 15.9 Å². The van der Waals surface area contributed by atoms with E-state index in [0.717, 1.165) is 43.7 Å². The second-order valence-electron chi connectivity index (χ2n) is 4.93. The van der Waals surface area contributed by atoms with Crippen LogP contribution in [0.5, 0.6) is 0 Å². The fourth-order valence-corrected chi connectivity index (χ4v) is 2.56. The number of rotatable bonds is 9. The van der Waals surface area contributed by atoms with Crippen LogP contribution in [0.15, 0.2) is 34.9 Å². The van der Waals surface area contributed by atoms with Gasteiger partial charge in [-0.05, 0) is 30.7 Å². The minimum Gasteiger partial charge on any atom is -0.380 e. The molecule has 0 fully saturated rings. The van der Waals surface area contributed by atoms with Gasteiger partial charge in [-0.1, -0.05) is 29.3 Å². The van der Waals surface area contributed by atoms with E-state index in [9.17, 15) is 0 Å². The van der Waals surface area contributed by atoms with Gasteiger partial charge in [-0.2, -0.15) is 0 Å². The Morgan fingerprint density at radius 1 is 1.20 bits per heavy atom. The van der Waals surface area contributed by atoms with Crippen molar-refractivity contribution in [3.63, 3.8) is 0 Å². The Balaban J connectivity index is 1.68. The molecule has 0 aliphatic rings. The van der Waals surface area contributed by atoms with Crippen LogP contribution in [0.1, 0.15) is 19.8 Å². The van der Waals surface area contributed by atoms with E-state index >= 15 is 0 Å². The van der Waals surface area contributed by atoms with Crippen molar-refractivity contribution in [3.8, 4) is 0 Å². The highest BCUT2D eigenvalue weighted by molar-refractivity contribution is 9.10. The molecule has 110 valence electrons. The SMILES string of the molecule is CCCCOCCNCCn1ccc2cc(Br)ccc21. The van der Waals surface area contributed by atoms with Crippen LogP contribution in [0.2, 0.25) is 0 Å².